The number of nitrogens with one attached hydrogen (secondary N) is 1. The molecule has 0 amide bonds. The maximum atomic E-state index is 11.0. The third kappa shape index (κ3) is 1.92. The Hall–Kier alpha value is -1.07. The number of aromatic carboxylic acids is 1. The second-order valence-corrected chi connectivity index (χ2v) is 4.38. The van der Waals surface area contributed by atoms with Crippen LogP contribution >= 0.6 is 11.6 Å². The highest BCUT2D eigenvalue weighted by atomic mass is 35.5. The van der Waals surface area contributed by atoms with Gasteiger partial charge in [-0.05, 0) is 25.9 Å². The van der Waals surface area contributed by atoms with Gasteiger partial charge in [0.2, 0.25) is 0 Å². The summed E-state index contributed by atoms with van der Waals surface area (Å²) in [5.74, 6) is -0.756. The molecule has 16 heavy (non-hydrogen) atoms. The maximum absolute atomic E-state index is 11.0. The van der Waals surface area contributed by atoms with E-state index < -0.39 is 5.97 Å². The zero-order chi connectivity index (χ0) is 11.7. The van der Waals surface area contributed by atoms with Crippen molar-refractivity contribution in [1.82, 2.24) is 15.1 Å². The zero-order valence-corrected chi connectivity index (χ0v) is 9.79. The molecule has 0 radical (unpaired) electrons. The van der Waals surface area contributed by atoms with Crippen LogP contribution in [0.1, 0.15) is 34.9 Å². The number of carboxylic acid groups (broad SMARTS) is 1. The van der Waals surface area contributed by atoms with Crippen LogP contribution < -0.4 is 5.32 Å². The van der Waals surface area contributed by atoms with E-state index in [1.807, 2.05) is 0 Å². The van der Waals surface area contributed by atoms with Crippen molar-refractivity contribution in [3.63, 3.8) is 0 Å². The van der Waals surface area contributed by atoms with Crippen LogP contribution in [0, 0.1) is 0 Å². The van der Waals surface area contributed by atoms with Crippen LogP contribution in [0.5, 0.6) is 0 Å². The standard InChI is InChI=1S/C10H14ClN3O2/c1-14-9(10(15)16)7(11)8(13-14)6-2-4-12-5-3-6/h6,12H,2-5H2,1H3,(H,15,16). The number of piperidine rings is 1. The Morgan fingerprint density at radius 1 is 1.56 bits per heavy atom. The normalized spacial score (nSPS) is 17.6. The second kappa shape index (κ2) is 4.43. The lowest BCUT2D eigenvalue weighted by Gasteiger charge is -2.20. The lowest BCUT2D eigenvalue weighted by molar-refractivity contribution is 0.0685. The van der Waals surface area contributed by atoms with Crippen molar-refractivity contribution in [3.8, 4) is 0 Å². The molecular formula is C10H14ClN3O2. The summed E-state index contributed by atoms with van der Waals surface area (Å²) in [6.07, 6.45) is 1.91. The number of halogens is 1. The predicted molar refractivity (Wildman–Crippen MR) is 60.0 cm³/mol. The van der Waals surface area contributed by atoms with Crippen molar-refractivity contribution in [2.45, 2.75) is 18.8 Å². The van der Waals surface area contributed by atoms with Gasteiger partial charge in [0.1, 0.15) is 0 Å². The number of carbonyl (C=O) groups is 1. The van der Waals surface area contributed by atoms with Gasteiger partial charge in [-0.2, -0.15) is 5.10 Å². The average Bonchev–Trinajstić information content (AvgIpc) is 2.55. The fraction of sp³-hybridized carbons (Fsp3) is 0.600. The van der Waals surface area contributed by atoms with E-state index in [1.165, 1.54) is 4.68 Å². The van der Waals surface area contributed by atoms with Crippen LogP contribution in [0.4, 0.5) is 0 Å². The van der Waals surface area contributed by atoms with Gasteiger partial charge >= 0.3 is 5.97 Å². The predicted octanol–water partition coefficient (Wildman–Crippen LogP) is 1.24. The number of rotatable bonds is 2. The number of aromatic nitrogens is 2. The van der Waals surface area contributed by atoms with Gasteiger partial charge in [0.05, 0.1) is 10.7 Å². The minimum Gasteiger partial charge on any atom is -0.476 e. The molecule has 1 aromatic rings. The number of nitrogens with zero attached hydrogens (tertiary/aromatic N) is 2. The fourth-order valence-corrected chi connectivity index (χ4v) is 2.50. The van der Waals surface area contributed by atoms with E-state index >= 15 is 0 Å². The molecule has 0 spiro atoms. The molecule has 1 fully saturated rings. The van der Waals surface area contributed by atoms with Gasteiger partial charge in [-0.25, -0.2) is 4.79 Å². The van der Waals surface area contributed by atoms with Gasteiger partial charge in [-0.1, -0.05) is 11.6 Å². The molecule has 2 N–H and O–H groups in total. The van der Waals surface area contributed by atoms with Gasteiger partial charge in [-0.15, -0.1) is 0 Å². The van der Waals surface area contributed by atoms with E-state index in [4.69, 9.17) is 16.7 Å². The van der Waals surface area contributed by atoms with E-state index in [-0.39, 0.29) is 11.6 Å². The largest absolute Gasteiger partial charge is 0.476 e. The molecule has 1 saturated heterocycles. The van der Waals surface area contributed by atoms with Gasteiger partial charge in [-0.3, -0.25) is 4.68 Å². The minimum absolute atomic E-state index is 0.0789. The highest BCUT2D eigenvalue weighted by Gasteiger charge is 2.26. The summed E-state index contributed by atoms with van der Waals surface area (Å²) in [5, 5.41) is 16.8. The van der Waals surface area contributed by atoms with Crippen molar-refractivity contribution in [2.24, 2.45) is 7.05 Å². The van der Waals surface area contributed by atoms with E-state index in [0.29, 0.717) is 5.02 Å². The van der Waals surface area contributed by atoms with Gasteiger partial charge in [0, 0.05) is 13.0 Å². The first-order valence-corrected chi connectivity index (χ1v) is 5.65. The third-order valence-electron chi connectivity index (χ3n) is 2.94. The lowest BCUT2D eigenvalue weighted by Crippen LogP contribution is -2.27. The van der Waals surface area contributed by atoms with Crippen LogP contribution in [0.15, 0.2) is 0 Å². The number of carboxylic acids is 1. The van der Waals surface area contributed by atoms with Gasteiger partial charge in [0.15, 0.2) is 5.69 Å². The Balaban J connectivity index is 2.34. The van der Waals surface area contributed by atoms with Crippen molar-refractivity contribution in [1.29, 1.82) is 0 Å². The summed E-state index contributed by atoms with van der Waals surface area (Å²) in [6.45, 7) is 1.86. The highest BCUT2D eigenvalue weighted by Crippen LogP contribution is 2.31. The van der Waals surface area contributed by atoms with Crippen molar-refractivity contribution < 1.29 is 9.90 Å². The van der Waals surface area contributed by atoms with Gasteiger partial charge < -0.3 is 10.4 Å². The number of hydrogen-bond donors (Lipinski definition) is 2. The molecule has 0 unspecified atom stereocenters. The summed E-state index contributed by atoms with van der Waals surface area (Å²) >= 11 is 6.07. The Labute approximate surface area is 98.4 Å². The summed E-state index contributed by atoms with van der Waals surface area (Å²) < 4.78 is 1.35. The van der Waals surface area contributed by atoms with Crippen molar-refractivity contribution in [2.75, 3.05) is 13.1 Å². The lowest BCUT2D eigenvalue weighted by atomic mass is 9.94. The van der Waals surface area contributed by atoms with Gasteiger partial charge in [0.25, 0.3) is 0 Å². The Morgan fingerprint density at radius 3 is 2.69 bits per heavy atom. The van der Waals surface area contributed by atoms with Crippen molar-refractivity contribution in [3.05, 3.63) is 16.4 Å². The van der Waals surface area contributed by atoms with Crippen LogP contribution in [0.2, 0.25) is 5.02 Å². The molecule has 2 rings (SSSR count). The van der Waals surface area contributed by atoms with Crippen LogP contribution in [0.25, 0.3) is 0 Å². The van der Waals surface area contributed by atoms with E-state index in [2.05, 4.69) is 10.4 Å². The molecule has 0 atom stereocenters. The smallest absolute Gasteiger partial charge is 0.355 e. The SMILES string of the molecule is Cn1nc(C2CCNCC2)c(Cl)c1C(=O)O. The molecule has 1 aromatic heterocycles. The summed E-state index contributed by atoms with van der Waals surface area (Å²) in [6, 6.07) is 0. The summed E-state index contributed by atoms with van der Waals surface area (Å²) in [4.78, 5) is 11.0. The highest BCUT2D eigenvalue weighted by molar-refractivity contribution is 6.34. The van der Waals surface area contributed by atoms with E-state index in [1.54, 1.807) is 7.05 Å². The van der Waals surface area contributed by atoms with E-state index in [9.17, 15) is 4.79 Å². The molecule has 5 nitrogen and oxygen atoms in total. The first-order valence-electron chi connectivity index (χ1n) is 5.27. The van der Waals surface area contributed by atoms with Crippen molar-refractivity contribution >= 4 is 17.6 Å². The average molecular weight is 244 g/mol. The topological polar surface area (TPSA) is 67.2 Å². The van der Waals surface area contributed by atoms with Crippen LogP contribution in [-0.4, -0.2) is 33.9 Å². The zero-order valence-electron chi connectivity index (χ0n) is 9.03. The number of aryl methyl sites for hydroxylation is 1. The molecule has 6 heteroatoms. The van der Waals surface area contributed by atoms with E-state index in [0.717, 1.165) is 31.6 Å². The van der Waals surface area contributed by atoms with Crippen LogP contribution in [0.3, 0.4) is 0 Å². The number of hydrogen-bond acceptors (Lipinski definition) is 3. The van der Waals surface area contributed by atoms with Crippen LogP contribution in [-0.2, 0) is 7.05 Å². The monoisotopic (exact) mass is 243 g/mol. The first kappa shape index (κ1) is 11.4. The first-order chi connectivity index (χ1) is 7.61. The minimum atomic E-state index is -1.03. The molecule has 1 aliphatic rings. The molecule has 0 saturated carbocycles. The maximum Gasteiger partial charge on any atom is 0.355 e. The third-order valence-corrected chi connectivity index (χ3v) is 3.32. The quantitative estimate of drug-likeness (QED) is 0.820. The molecule has 0 aromatic carbocycles. The summed E-state index contributed by atoms with van der Waals surface area (Å²) in [5.41, 5.74) is 0.804. The molecular weight excluding hydrogens is 230 g/mol. The fourth-order valence-electron chi connectivity index (χ4n) is 2.11. The summed E-state index contributed by atoms with van der Waals surface area (Å²) in [7, 11) is 1.61. The molecule has 2 heterocycles. The Morgan fingerprint density at radius 2 is 2.19 bits per heavy atom. The molecule has 0 bridgehead atoms. The molecule has 88 valence electrons. The molecule has 1 aliphatic heterocycles. The Kier molecular flexibility index (Phi) is 3.16. The Bertz CT molecular complexity index is 410. The second-order valence-electron chi connectivity index (χ2n) is 4.00. The molecule has 0 aliphatic carbocycles.